The molecule has 17 heavy (non-hydrogen) atoms. The molecule has 1 heterocycles. The zero-order valence-corrected chi connectivity index (χ0v) is 10.5. The van der Waals surface area contributed by atoms with Crippen LogP contribution in [-0.2, 0) is 7.05 Å². The van der Waals surface area contributed by atoms with E-state index in [1.54, 1.807) is 4.68 Å². The molecule has 1 aliphatic rings. The van der Waals surface area contributed by atoms with Crippen LogP contribution in [0.2, 0.25) is 0 Å². The average molecular weight is 236 g/mol. The fourth-order valence-electron chi connectivity index (χ4n) is 2.25. The number of carbonyl (C=O) groups excluding carboxylic acids is 1. The molecular weight excluding hydrogens is 216 g/mol. The molecule has 0 aromatic carbocycles. The second-order valence-electron chi connectivity index (χ2n) is 4.67. The van der Waals surface area contributed by atoms with Crippen molar-refractivity contribution < 1.29 is 4.79 Å². The van der Waals surface area contributed by atoms with Gasteiger partial charge < -0.3 is 10.6 Å². The Bertz CT molecular complexity index is 409. The summed E-state index contributed by atoms with van der Waals surface area (Å²) in [5.74, 6) is 0.0586. The highest BCUT2D eigenvalue weighted by Crippen LogP contribution is 2.25. The van der Waals surface area contributed by atoms with E-state index in [1.165, 1.54) is 6.42 Å². The van der Waals surface area contributed by atoms with Gasteiger partial charge in [0.2, 0.25) is 0 Å². The normalized spacial score (nSPS) is 15.7. The van der Waals surface area contributed by atoms with E-state index in [4.69, 9.17) is 5.73 Å². The van der Waals surface area contributed by atoms with Crippen LogP contribution in [0.25, 0.3) is 0 Å². The number of amides is 1. The maximum absolute atomic E-state index is 12.4. The van der Waals surface area contributed by atoms with Crippen LogP contribution in [0.1, 0.15) is 35.4 Å². The number of aromatic nitrogens is 2. The van der Waals surface area contributed by atoms with Crippen LogP contribution in [0.3, 0.4) is 0 Å². The van der Waals surface area contributed by atoms with E-state index < -0.39 is 0 Å². The Balaban J connectivity index is 2.17. The number of aryl methyl sites for hydroxylation is 2. The van der Waals surface area contributed by atoms with E-state index >= 15 is 0 Å². The summed E-state index contributed by atoms with van der Waals surface area (Å²) in [7, 11) is 1.81. The molecule has 1 saturated carbocycles. The van der Waals surface area contributed by atoms with Gasteiger partial charge in [-0.15, -0.1) is 0 Å². The van der Waals surface area contributed by atoms with E-state index in [1.807, 2.05) is 24.9 Å². The number of rotatable bonds is 4. The van der Waals surface area contributed by atoms with Gasteiger partial charge in [0.15, 0.2) is 0 Å². The maximum atomic E-state index is 12.4. The summed E-state index contributed by atoms with van der Waals surface area (Å²) in [6, 6.07) is 2.21. The topological polar surface area (TPSA) is 64.2 Å². The highest BCUT2D eigenvalue weighted by molar-refractivity contribution is 5.93. The van der Waals surface area contributed by atoms with E-state index in [2.05, 4.69) is 5.10 Å². The molecule has 5 heteroatoms. The van der Waals surface area contributed by atoms with Gasteiger partial charge >= 0.3 is 0 Å². The molecule has 0 unspecified atom stereocenters. The van der Waals surface area contributed by atoms with Crippen molar-refractivity contribution in [2.45, 2.75) is 32.2 Å². The lowest BCUT2D eigenvalue weighted by Crippen LogP contribution is -2.47. The molecule has 5 nitrogen and oxygen atoms in total. The molecule has 1 fully saturated rings. The molecule has 1 aromatic rings. The fraction of sp³-hybridized carbons (Fsp3) is 0.667. The maximum Gasteiger partial charge on any atom is 0.272 e. The van der Waals surface area contributed by atoms with Gasteiger partial charge in [0.25, 0.3) is 5.91 Å². The SMILES string of the molecule is Cc1cc(C(=O)N(CCN)C2CCC2)n(C)n1. The highest BCUT2D eigenvalue weighted by atomic mass is 16.2. The Hall–Kier alpha value is -1.36. The highest BCUT2D eigenvalue weighted by Gasteiger charge is 2.30. The minimum atomic E-state index is 0.0586. The summed E-state index contributed by atoms with van der Waals surface area (Å²) >= 11 is 0. The lowest BCUT2D eigenvalue weighted by molar-refractivity contribution is 0.0577. The molecule has 0 spiro atoms. The standard InChI is InChI=1S/C12H20N4O/c1-9-8-11(15(2)14-9)12(17)16(7-6-13)10-4-3-5-10/h8,10H,3-7,13H2,1-2H3. The van der Waals surface area contributed by atoms with Gasteiger partial charge in [-0.1, -0.05) is 0 Å². The van der Waals surface area contributed by atoms with Crippen LogP contribution in [-0.4, -0.2) is 39.7 Å². The summed E-state index contributed by atoms with van der Waals surface area (Å²) in [4.78, 5) is 14.3. The van der Waals surface area contributed by atoms with Crippen LogP contribution >= 0.6 is 0 Å². The summed E-state index contributed by atoms with van der Waals surface area (Å²) in [6.07, 6.45) is 3.41. The first-order valence-corrected chi connectivity index (χ1v) is 6.15. The van der Waals surface area contributed by atoms with Gasteiger partial charge in [-0.3, -0.25) is 9.48 Å². The lowest BCUT2D eigenvalue weighted by atomic mass is 9.91. The van der Waals surface area contributed by atoms with Crippen LogP contribution in [0.15, 0.2) is 6.07 Å². The van der Waals surface area contributed by atoms with Gasteiger partial charge in [-0.25, -0.2) is 0 Å². The zero-order chi connectivity index (χ0) is 12.4. The first kappa shape index (κ1) is 12.1. The minimum Gasteiger partial charge on any atom is -0.333 e. The molecule has 1 aromatic heterocycles. The van der Waals surface area contributed by atoms with Gasteiger partial charge in [0.05, 0.1) is 5.69 Å². The zero-order valence-electron chi connectivity index (χ0n) is 10.5. The second kappa shape index (κ2) is 4.87. The van der Waals surface area contributed by atoms with Gasteiger partial charge in [0.1, 0.15) is 5.69 Å². The minimum absolute atomic E-state index is 0.0586. The average Bonchev–Trinajstić information content (AvgIpc) is 2.53. The third kappa shape index (κ3) is 2.34. The number of carbonyl (C=O) groups is 1. The largest absolute Gasteiger partial charge is 0.333 e. The van der Waals surface area contributed by atoms with Gasteiger partial charge in [0, 0.05) is 26.2 Å². The van der Waals surface area contributed by atoms with Crippen LogP contribution in [0, 0.1) is 6.92 Å². The molecule has 2 rings (SSSR count). The third-order valence-corrected chi connectivity index (χ3v) is 3.37. The molecule has 0 bridgehead atoms. The predicted octanol–water partition coefficient (Wildman–Crippen LogP) is 0.682. The number of hydrogen-bond donors (Lipinski definition) is 1. The summed E-state index contributed by atoms with van der Waals surface area (Å²) in [5.41, 5.74) is 7.12. The Kier molecular flexibility index (Phi) is 3.47. The Labute approximate surface area is 102 Å². The molecule has 94 valence electrons. The van der Waals surface area contributed by atoms with E-state index in [-0.39, 0.29) is 5.91 Å². The first-order chi connectivity index (χ1) is 8.13. The van der Waals surface area contributed by atoms with E-state index in [0.717, 1.165) is 18.5 Å². The van der Waals surface area contributed by atoms with Crippen molar-refractivity contribution in [3.05, 3.63) is 17.5 Å². The molecule has 0 saturated heterocycles. The summed E-state index contributed by atoms with van der Waals surface area (Å²) in [6.45, 7) is 3.04. The van der Waals surface area contributed by atoms with Crippen LogP contribution in [0.5, 0.6) is 0 Å². The van der Waals surface area contributed by atoms with Crippen molar-refractivity contribution in [2.75, 3.05) is 13.1 Å². The molecular formula is C12H20N4O. The quantitative estimate of drug-likeness (QED) is 0.836. The monoisotopic (exact) mass is 236 g/mol. The second-order valence-corrected chi connectivity index (χ2v) is 4.67. The fourth-order valence-corrected chi connectivity index (χ4v) is 2.25. The number of nitrogens with two attached hydrogens (primary N) is 1. The smallest absolute Gasteiger partial charge is 0.272 e. The number of hydrogen-bond acceptors (Lipinski definition) is 3. The molecule has 0 aliphatic heterocycles. The Morgan fingerprint density at radius 2 is 2.35 bits per heavy atom. The Morgan fingerprint density at radius 1 is 1.65 bits per heavy atom. The summed E-state index contributed by atoms with van der Waals surface area (Å²) < 4.78 is 1.65. The molecule has 1 aliphatic carbocycles. The van der Waals surface area contributed by atoms with Gasteiger partial charge in [-0.2, -0.15) is 5.10 Å². The lowest BCUT2D eigenvalue weighted by Gasteiger charge is -2.37. The first-order valence-electron chi connectivity index (χ1n) is 6.15. The molecule has 0 atom stereocenters. The molecule has 0 radical (unpaired) electrons. The molecule has 2 N–H and O–H groups in total. The van der Waals surface area contributed by atoms with Crippen LogP contribution < -0.4 is 5.73 Å². The van der Waals surface area contributed by atoms with Crippen LogP contribution in [0.4, 0.5) is 0 Å². The van der Waals surface area contributed by atoms with Gasteiger partial charge in [-0.05, 0) is 32.3 Å². The Morgan fingerprint density at radius 3 is 2.76 bits per heavy atom. The van der Waals surface area contributed by atoms with Crippen molar-refractivity contribution in [3.63, 3.8) is 0 Å². The third-order valence-electron chi connectivity index (χ3n) is 3.37. The van der Waals surface area contributed by atoms with Crippen molar-refractivity contribution in [3.8, 4) is 0 Å². The van der Waals surface area contributed by atoms with E-state index in [0.29, 0.717) is 24.8 Å². The van der Waals surface area contributed by atoms with Crippen molar-refractivity contribution in [1.29, 1.82) is 0 Å². The molecule has 1 amide bonds. The van der Waals surface area contributed by atoms with Crippen molar-refractivity contribution in [1.82, 2.24) is 14.7 Å². The van der Waals surface area contributed by atoms with Crippen molar-refractivity contribution >= 4 is 5.91 Å². The number of nitrogens with zero attached hydrogens (tertiary/aromatic N) is 3. The van der Waals surface area contributed by atoms with E-state index in [9.17, 15) is 4.79 Å². The van der Waals surface area contributed by atoms with Crippen molar-refractivity contribution in [2.24, 2.45) is 12.8 Å². The summed E-state index contributed by atoms with van der Waals surface area (Å²) in [5, 5.41) is 4.22. The predicted molar refractivity (Wildman–Crippen MR) is 65.7 cm³/mol.